The van der Waals surface area contributed by atoms with Crippen molar-refractivity contribution < 1.29 is 0 Å². The van der Waals surface area contributed by atoms with Gasteiger partial charge < -0.3 is 9.47 Å². The average molecular weight is 620 g/mol. The molecule has 0 bridgehead atoms. The number of pyridine rings is 2. The molecule has 3 aromatic carbocycles. The molecule has 0 aliphatic carbocycles. The lowest BCUT2D eigenvalue weighted by Crippen LogP contribution is -2.18. The number of anilines is 2. The van der Waals surface area contributed by atoms with E-state index in [-0.39, 0.29) is 10.8 Å². The SMILES string of the molecule is Cc1ccccc1-c1cccc(-c2cc(-c3ccccc3)cnc2N(C)c2ccc(C(C)(C)C)cc2-c2ncc(C(C)(C)C)n2C)n1. The van der Waals surface area contributed by atoms with Crippen molar-refractivity contribution in [3.05, 3.63) is 126 Å². The van der Waals surface area contributed by atoms with Crippen molar-refractivity contribution in [1.82, 2.24) is 19.5 Å². The van der Waals surface area contributed by atoms with E-state index in [4.69, 9.17) is 15.0 Å². The van der Waals surface area contributed by atoms with Crippen LogP contribution in [0.25, 0.3) is 45.0 Å². The maximum atomic E-state index is 5.23. The molecule has 0 amide bonds. The normalized spacial score (nSPS) is 11.9. The van der Waals surface area contributed by atoms with Crippen LogP contribution < -0.4 is 4.90 Å². The van der Waals surface area contributed by atoms with Gasteiger partial charge in [0.25, 0.3) is 0 Å². The van der Waals surface area contributed by atoms with Gasteiger partial charge in [-0.3, -0.25) is 0 Å². The zero-order valence-corrected chi connectivity index (χ0v) is 29.1. The number of rotatable bonds is 6. The summed E-state index contributed by atoms with van der Waals surface area (Å²) in [7, 11) is 4.22. The lowest BCUT2D eigenvalue weighted by Gasteiger charge is -2.27. The molecule has 0 radical (unpaired) electrons. The first-order valence-electron chi connectivity index (χ1n) is 16.3. The fraction of sp³-hybridized carbons (Fsp3) is 0.262. The molecule has 238 valence electrons. The average Bonchev–Trinajstić information content (AvgIpc) is 3.46. The number of benzene rings is 3. The molecule has 0 saturated carbocycles. The van der Waals surface area contributed by atoms with Crippen LogP contribution in [0, 0.1) is 6.92 Å². The Balaban J connectivity index is 1.56. The number of aryl methyl sites for hydroxylation is 1. The summed E-state index contributed by atoms with van der Waals surface area (Å²) in [5.74, 6) is 1.76. The third kappa shape index (κ3) is 6.35. The van der Waals surface area contributed by atoms with E-state index >= 15 is 0 Å². The summed E-state index contributed by atoms with van der Waals surface area (Å²) >= 11 is 0. The van der Waals surface area contributed by atoms with E-state index in [1.165, 1.54) is 16.8 Å². The first kappa shape index (κ1) is 31.9. The molecule has 0 saturated heterocycles. The fourth-order valence-electron chi connectivity index (χ4n) is 6.24. The summed E-state index contributed by atoms with van der Waals surface area (Å²) in [6, 6.07) is 34.1. The second-order valence-electron chi connectivity index (χ2n) is 14.5. The number of imidazole rings is 1. The predicted molar refractivity (Wildman–Crippen MR) is 197 cm³/mol. The highest BCUT2D eigenvalue weighted by atomic mass is 15.2. The van der Waals surface area contributed by atoms with Crippen molar-refractivity contribution in [2.45, 2.75) is 59.3 Å². The minimum absolute atomic E-state index is 0.0233. The molecule has 0 aliphatic heterocycles. The summed E-state index contributed by atoms with van der Waals surface area (Å²) in [6.45, 7) is 15.6. The van der Waals surface area contributed by atoms with Crippen molar-refractivity contribution in [3.63, 3.8) is 0 Å². The van der Waals surface area contributed by atoms with Gasteiger partial charge in [0.15, 0.2) is 0 Å². The molecule has 6 aromatic rings. The molecule has 3 aromatic heterocycles. The third-order valence-electron chi connectivity index (χ3n) is 8.96. The number of hydrogen-bond donors (Lipinski definition) is 0. The van der Waals surface area contributed by atoms with Gasteiger partial charge in [0.1, 0.15) is 11.6 Å². The second kappa shape index (κ2) is 12.3. The Hall–Kier alpha value is -5.03. The van der Waals surface area contributed by atoms with Crippen LogP contribution in [-0.4, -0.2) is 26.6 Å². The maximum Gasteiger partial charge on any atom is 0.142 e. The molecule has 0 fully saturated rings. The Morgan fingerprint density at radius 1 is 0.617 bits per heavy atom. The third-order valence-corrected chi connectivity index (χ3v) is 8.96. The zero-order chi connectivity index (χ0) is 33.5. The van der Waals surface area contributed by atoms with Crippen LogP contribution in [0.2, 0.25) is 0 Å². The maximum absolute atomic E-state index is 5.23. The van der Waals surface area contributed by atoms with Crippen LogP contribution in [0.5, 0.6) is 0 Å². The Labute approximate surface area is 280 Å². The summed E-state index contributed by atoms with van der Waals surface area (Å²) in [4.78, 5) is 17.6. The molecule has 0 N–H and O–H groups in total. The van der Waals surface area contributed by atoms with Gasteiger partial charge in [-0.25, -0.2) is 15.0 Å². The predicted octanol–water partition coefficient (Wildman–Crippen LogP) is 10.5. The van der Waals surface area contributed by atoms with Crippen LogP contribution in [0.3, 0.4) is 0 Å². The molecule has 5 heteroatoms. The zero-order valence-electron chi connectivity index (χ0n) is 29.1. The monoisotopic (exact) mass is 619 g/mol. The van der Waals surface area contributed by atoms with Gasteiger partial charge in [0.2, 0.25) is 0 Å². The van der Waals surface area contributed by atoms with Crippen molar-refractivity contribution in [2.24, 2.45) is 7.05 Å². The van der Waals surface area contributed by atoms with Crippen LogP contribution in [0.15, 0.2) is 109 Å². The molecule has 0 atom stereocenters. The summed E-state index contributed by atoms with van der Waals surface area (Å²) in [5, 5.41) is 0. The number of nitrogens with zero attached hydrogens (tertiary/aromatic N) is 5. The molecular formula is C42H45N5. The standard InChI is InChI=1S/C42H45N5/c1-28-16-13-14-19-32(28)35-20-15-21-36(45-35)33-24-30(29-17-11-10-12-18-29)26-43-39(33)46(8)37-23-22-31(41(2,3)4)25-34(37)40-44-27-38(47(40)9)42(5,6)7/h10-27H,1-9H3. The van der Waals surface area contributed by atoms with Gasteiger partial charge in [-0.05, 0) is 59.4 Å². The smallest absolute Gasteiger partial charge is 0.142 e. The Kier molecular flexibility index (Phi) is 8.35. The van der Waals surface area contributed by atoms with E-state index in [0.29, 0.717) is 0 Å². The van der Waals surface area contributed by atoms with Crippen LogP contribution in [-0.2, 0) is 17.9 Å². The molecule has 0 unspecified atom stereocenters. The van der Waals surface area contributed by atoms with Crippen molar-refractivity contribution >= 4 is 11.5 Å². The highest BCUT2D eigenvalue weighted by Crippen LogP contribution is 2.41. The van der Waals surface area contributed by atoms with Gasteiger partial charge in [-0.1, -0.05) is 108 Å². The molecule has 6 rings (SSSR count). The van der Waals surface area contributed by atoms with Crippen LogP contribution in [0.1, 0.15) is 58.4 Å². The minimum atomic E-state index is -0.0382. The van der Waals surface area contributed by atoms with E-state index in [1.54, 1.807) is 0 Å². The quantitative estimate of drug-likeness (QED) is 0.186. The lowest BCUT2D eigenvalue weighted by molar-refractivity contribution is 0.544. The van der Waals surface area contributed by atoms with Crippen LogP contribution >= 0.6 is 0 Å². The second-order valence-corrected chi connectivity index (χ2v) is 14.5. The van der Waals surface area contributed by atoms with Crippen LogP contribution in [0.4, 0.5) is 11.5 Å². The van der Waals surface area contributed by atoms with E-state index in [0.717, 1.165) is 56.5 Å². The molecule has 0 aliphatic rings. The first-order chi connectivity index (χ1) is 22.3. The summed E-state index contributed by atoms with van der Waals surface area (Å²) in [5.41, 5.74) is 11.7. The van der Waals surface area contributed by atoms with E-state index < -0.39 is 0 Å². The molecule has 47 heavy (non-hydrogen) atoms. The Bertz CT molecular complexity index is 2040. The topological polar surface area (TPSA) is 46.8 Å². The van der Waals surface area contributed by atoms with E-state index in [9.17, 15) is 0 Å². The fourth-order valence-corrected chi connectivity index (χ4v) is 6.24. The molecule has 5 nitrogen and oxygen atoms in total. The van der Waals surface area contributed by atoms with Gasteiger partial charge in [-0.15, -0.1) is 0 Å². The number of hydrogen-bond acceptors (Lipinski definition) is 4. The largest absolute Gasteiger partial charge is 0.331 e. The molecule has 3 heterocycles. The number of aromatic nitrogens is 4. The van der Waals surface area contributed by atoms with E-state index in [1.807, 2.05) is 18.5 Å². The van der Waals surface area contributed by atoms with Gasteiger partial charge in [0.05, 0.1) is 17.1 Å². The minimum Gasteiger partial charge on any atom is -0.331 e. The van der Waals surface area contributed by atoms with Gasteiger partial charge in [0, 0.05) is 59.9 Å². The van der Waals surface area contributed by atoms with Crippen molar-refractivity contribution in [3.8, 4) is 45.0 Å². The summed E-state index contributed by atoms with van der Waals surface area (Å²) < 4.78 is 2.24. The van der Waals surface area contributed by atoms with Crippen molar-refractivity contribution in [2.75, 3.05) is 11.9 Å². The van der Waals surface area contributed by atoms with Crippen molar-refractivity contribution in [1.29, 1.82) is 0 Å². The highest BCUT2D eigenvalue weighted by molar-refractivity contribution is 5.87. The summed E-state index contributed by atoms with van der Waals surface area (Å²) in [6.07, 6.45) is 3.99. The first-order valence-corrected chi connectivity index (χ1v) is 16.3. The van der Waals surface area contributed by atoms with Gasteiger partial charge in [-0.2, -0.15) is 0 Å². The molecule has 0 spiro atoms. The Morgan fingerprint density at radius 2 is 1.30 bits per heavy atom. The molecular weight excluding hydrogens is 574 g/mol. The van der Waals surface area contributed by atoms with E-state index in [2.05, 4.69) is 163 Å². The highest BCUT2D eigenvalue weighted by Gasteiger charge is 2.26. The Morgan fingerprint density at radius 3 is 1.96 bits per heavy atom. The lowest BCUT2D eigenvalue weighted by atomic mass is 9.85. The van der Waals surface area contributed by atoms with Gasteiger partial charge >= 0.3 is 0 Å².